The van der Waals surface area contributed by atoms with Crippen molar-refractivity contribution in [2.75, 3.05) is 0 Å². The van der Waals surface area contributed by atoms with Crippen molar-refractivity contribution in [3.8, 4) is 11.5 Å². The van der Waals surface area contributed by atoms with Gasteiger partial charge in [-0.15, -0.1) is 0 Å². The molecular weight excluding hydrogens is 689 g/mol. The van der Waals surface area contributed by atoms with Gasteiger partial charge in [0.1, 0.15) is 11.5 Å². The Kier molecular flexibility index (Phi) is 12.7. The highest BCUT2D eigenvalue weighted by Gasteiger charge is 2.44. The lowest BCUT2D eigenvalue weighted by Gasteiger charge is -2.39. The number of hydrogen-bond donors (Lipinski definition) is 2. The average Bonchev–Trinajstić information content (AvgIpc) is 3.31. The molecule has 0 aromatic heterocycles. The predicted octanol–water partition coefficient (Wildman–Crippen LogP) is 15.9. The third kappa shape index (κ3) is 11.3. The van der Waals surface area contributed by atoms with Crippen molar-refractivity contribution in [2.24, 2.45) is 21.7 Å². The van der Waals surface area contributed by atoms with E-state index in [9.17, 15) is 10.2 Å². The maximum absolute atomic E-state index is 12.3. The molecule has 2 N–H and O–H groups in total. The molecule has 0 saturated carbocycles. The third-order valence-corrected chi connectivity index (χ3v) is 14.5. The lowest BCUT2D eigenvalue weighted by molar-refractivity contribution is 0.266. The molecular formula is C52H86O2S. The minimum Gasteiger partial charge on any atom is -0.507 e. The Bertz CT molecular complexity index is 1440. The normalized spacial score (nSPS) is 22.3. The average molecular weight is 775 g/mol. The largest absolute Gasteiger partial charge is 0.507 e. The second-order valence-electron chi connectivity index (χ2n) is 26.0. The van der Waals surface area contributed by atoms with Crippen LogP contribution < -0.4 is 0 Å². The van der Waals surface area contributed by atoms with Crippen LogP contribution in [0.5, 0.6) is 11.5 Å². The van der Waals surface area contributed by atoms with Crippen LogP contribution in [0.3, 0.4) is 0 Å². The summed E-state index contributed by atoms with van der Waals surface area (Å²) in [5.41, 5.74) is 7.31. The van der Waals surface area contributed by atoms with E-state index in [0.29, 0.717) is 33.8 Å². The summed E-state index contributed by atoms with van der Waals surface area (Å²) in [5, 5.41) is 25.7. The van der Waals surface area contributed by atoms with E-state index in [0.717, 1.165) is 60.8 Å². The molecule has 2 aromatic carbocycles. The van der Waals surface area contributed by atoms with Crippen molar-refractivity contribution in [3.05, 3.63) is 57.6 Å². The van der Waals surface area contributed by atoms with E-state index >= 15 is 0 Å². The third-order valence-electron chi connectivity index (χ3n) is 12.7. The summed E-state index contributed by atoms with van der Waals surface area (Å²) >= 11 is 2.26. The second-order valence-corrected chi connectivity index (χ2v) is 27.5. The summed E-state index contributed by atoms with van der Waals surface area (Å²) in [6, 6.07) is 9.77. The first-order valence-corrected chi connectivity index (χ1v) is 22.9. The van der Waals surface area contributed by atoms with Crippen molar-refractivity contribution >= 4 is 11.8 Å². The topological polar surface area (TPSA) is 40.5 Å². The van der Waals surface area contributed by atoms with Crippen LogP contribution in [0.1, 0.15) is 235 Å². The predicted molar refractivity (Wildman–Crippen MR) is 244 cm³/mol. The van der Waals surface area contributed by atoms with Gasteiger partial charge in [0.25, 0.3) is 0 Å². The minimum atomic E-state index is -0.165. The van der Waals surface area contributed by atoms with Crippen LogP contribution in [0.25, 0.3) is 0 Å². The van der Waals surface area contributed by atoms with Gasteiger partial charge in [-0.2, -0.15) is 11.8 Å². The van der Waals surface area contributed by atoms with Crippen molar-refractivity contribution in [1.82, 2.24) is 0 Å². The van der Waals surface area contributed by atoms with Gasteiger partial charge in [0, 0.05) is 32.8 Å². The molecule has 2 bridgehead atoms. The molecule has 0 aliphatic carbocycles. The Balaban J connectivity index is 1.88. The van der Waals surface area contributed by atoms with E-state index in [1.165, 1.54) is 24.0 Å². The van der Waals surface area contributed by atoms with Crippen molar-refractivity contribution in [1.29, 1.82) is 0 Å². The molecule has 4 atom stereocenters. The standard InChI is InChI=1S/C52H86O2S/c1-45(2,3)29-49(13,14)37-25-33(26-38(43(37)53)50(15,16)30-46(4,5)6)35-21-22-36(42-24-23-41(35)55-42)34-27-39(51(17,18)31-47(7,8)9)44(54)40(28-34)52(19,20)32-48(10,11)12/h25-28,35-36,41-42,53-54H,21-24,29-32H2,1-20H3. The zero-order valence-corrected chi connectivity index (χ0v) is 40.4. The van der Waals surface area contributed by atoms with Crippen LogP contribution in [0.4, 0.5) is 0 Å². The Hall–Kier alpha value is -1.61. The fourth-order valence-corrected chi connectivity index (χ4v) is 14.2. The highest BCUT2D eigenvalue weighted by Crippen LogP contribution is 2.57. The number of fused-ring (bicyclic) bond motifs is 2. The molecule has 2 aromatic rings. The smallest absolute Gasteiger partial charge is 0.123 e. The molecule has 2 fully saturated rings. The van der Waals surface area contributed by atoms with Crippen molar-refractivity contribution in [2.45, 2.75) is 234 Å². The molecule has 0 spiro atoms. The maximum atomic E-state index is 12.3. The molecule has 55 heavy (non-hydrogen) atoms. The summed E-state index contributed by atoms with van der Waals surface area (Å²) < 4.78 is 0. The zero-order chi connectivity index (χ0) is 42.1. The molecule has 2 nitrogen and oxygen atoms in total. The zero-order valence-electron chi connectivity index (χ0n) is 39.6. The first-order valence-electron chi connectivity index (χ1n) is 21.9. The Morgan fingerprint density at radius 3 is 0.818 bits per heavy atom. The van der Waals surface area contributed by atoms with Gasteiger partial charge in [0.05, 0.1) is 0 Å². The van der Waals surface area contributed by atoms with Crippen LogP contribution in [-0.2, 0) is 21.7 Å². The van der Waals surface area contributed by atoms with E-state index in [1.54, 1.807) is 0 Å². The fourth-order valence-electron chi connectivity index (χ4n) is 12.3. The summed E-state index contributed by atoms with van der Waals surface area (Å²) in [5.74, 6) is 1.94. The van der Waals surface area contributed by atoms with Gasteiger partial charge in [-0.3, -0.25) is 0 Å². The highest BCUT2D eigenvalue weighted by atomic mass is 32.2. The number of benzene rings is 2. The number of hydrogen-bond acceptors (Lipinski definition) is 3. The van der Waals surface area contributed by atoms with E-state index in [2.05, 4.69) is 175 Å². The van der Waals surface area contributed by atoms with E-state index in [-0.39, 0.29) is 43.3 Å². The quantitative estimate of drug-likeness (QED) is 0.253. The van der Waals surface area contributed by atoms with Gasteiger partial charge in [-0.1, -0.05) is 163 Å². The van der Waals surface area contributed by atoms with E-state index < -0.39 is 0 Å². The molecule has 2 aliphatic rings. The first-order chi connectivity index (χ1) is 24.5. The minimum absolute atomic E-state index is 0.141. The van der Waals surface area contributed by atoms with Crippen molar-refractivity contribution < 1.29 is 10.2 Å². The summed E-state index contributed by atoms with van der Waals surface area (Å²) in [7, 11) is 0. The van der Waals surface area contributed by atoms with Crippen LogP contribution in [0.2, 0.25) is 0 Å². The van der Waals surface area contributed by atoms with Gasteiger partial charge in [0.15, 0.2) is 0 Å². The number of thioether (sulfide) groups is 1. The van der Waals surface area contributed by atoms with Gasteiger partial charge in [0.2, 0.25) is 0 Å². The van der Waals surface area contributed by atoms with Gasteiger partial charge < -0.3 is 10.2 Å². The molecule has 2 aliphatic heterocycles. The lowest BCUT2D eigenvalue weighted by atomic mass is 9.66. The molecule has 4 rings (SSSR count). The SMILES string of the molecule is CC(C)(C)CC(C)(C)c1cc(C2CCC(c3cc(C(C)(C)CC(C)(C)C)c(O)c(C(C)(C)CC(C)(C)C)c3)C3CCC2S3)cc(C(C)(C)CC(C)(C)C)c1O. The molecule has 2 saturated heterocycles. The Morgan fingerprint density at radius 1 is 0.400 bits per heavy atom. The van der Waals surface area contributed by atoms with Crippen LogP contribution >= 0.6 is 11.8 Å². The number of phenolic OH excluding ortho intramolecular Hbond substituents is 2. The van der Waals surface area contributed by atoms with Crippen LogP contribution in [-0.4, -0.2) is 20.7 Å². The monoisotopic (exact) mass is 775 g/mol. The number of rotatable bonds is 10. The molecule has 312 valence electrons. The Labute approximate surface area is 345 Å². The first kappa shape index (κ1) is 46.1. The second kappa shape index (κ2) is 15.2. The lowest BCUT2D eigenvalue weighted by Crippen LogP contribution is -2.29. The maximum Gasteiger partial charge on any atom is 0.123 e. The highest BCUT2D eigenvalue weighted by molar-refractivity contribution is 8.00. The molecule has 4 unspecified atom stereocenters. The van der Waals surface area contributed by atoms with Gasteiger partial charge in [-0.25, -0.2) is 0 Å². The van der Waals surface area contributed by atoms with Gasteiger partial charge in [-0.05, 0) is 118 Å². The summed E-state index contributed by atoms with van der Waals surface area (Å²) in [6.07, 6.45) is 8.78. The Morgan fingerprint density at radius 2 is 0.618 bits per heavy atom. The van der Waals surface area contributed by atoms with E-state index in [1.807, 2.05) is 0 Å². The van der Waals surface area contributed by atoms with Crippen molar-refractivity contribution in [3.63, 3.8) is 0 Å². The summed E-state index contributed by atoms with van der Waals surface area (Å²) in [6.45, 7) is 46.8. The van der Waals surface area contributed by atoms with E-state index in [4.69, 9.17) is 0 Å². The van der Waals surface area contributed by atoms with Gasteiger partial charge >= 0.3 is 0 Å². The van der Waals surface area contributed by atoms with Crippen LogP contribution in [0, 0.1) is 21.7 Å². The number of aromatic hydroxyl groups is 2. The summed E-state index contributed by atoms with van der Waals surface area (Å²) in [4.78, 5) is 0. The molecule has 0 amide bonds. The van der Waals surface area contributed by atoms with Crippen LogP contribution in [0.15, 0.2) is 24.3 Å². The molecule has 3 heteroatoms. The molecule has 2 heterocycles. The number of phenols is 2. The fraction of sp³-hybridized carbons (Fsp3) is 0.769. The molecule has 0 radical (unpaired) electrons.